The van der Waals surface area contributed by atoms with E-state index < -0.39 is 6.03 Å². The summed E-state index contributed by atoms with van der Waals surface area (Å²) < 4.78 is 9.31. The Morgan fingerprint density at radius 2 is 1.97 bits per heavy atom. The van der Waals surface area contributed by atoms with Gasteiger partial charge in [-0.15, -0.1) is 0 Å². The SMILES string of the molecule is CC1Cc2c(c3ccc(-n4ccc(OCc5ccccc5)cc4=O)nc3n2C)CN1C(N)=O. The van der Waals surface area contributed by atoms with Crippen molar-refractivity contribution in [1.29, 1.82) is 0 Å². The zero-order valence-corrected chi connectivity index (χ0v) is 18.6. The van der Waals surface area contributed by atoms with Gasteiger partial charge in [0.2, 0.25) is 0 Å². The van der Waals surface area contributed by atoms with Crippen LogP contribution in [0.4, 0.5) is 4.79 Å². The van der Waals surface area contributed by atoms with Crippen molar-refractivity contribution in [1.82, 2.24) is 19.0 Å². The summed E-state index contributed by atoms with van der Waals surface area (Å²) in [5.74, 6) is 1.04. The number of pyridine rings is 2. The zero-order chi connectivity index (χ0) is 23.1. The molecule has 2 N–H and O–H groups in total. The molecule has 1 aliphatic heterocycles. The fourth-order valence-electron chi connectivity index (χ4n) is 4.48. The highest BCUT2D eigenvalue weighted by Gasteiger charge is 2.30. The van der Waals surface area contributed by atoms with Crippen molar-refractivity contribution in [2.45, 2.75) is 32.5 Å². The highest BCUT2D eigenvalue weighted by molar-refractivity contribution is 5.84. The molecule has 1 unspecified atom stereocenters. The van der Waals surface area contributed by atoms with Crippen molar-refractivity contribution in [2.75, 3.05) is 0 Å². The number of amides is 2. The molecule has 0 bridgehead atoms. The molecule has 4 aromatic rings. The number of aromatic nitrogens is 3. The van der Waals surface area contributed by atoms with E-state index in [1.807, 2.05) is 61.0 Å². The second-order valence-electron chi connectivity index (χ2n) is 8.39. The number of benzene rings is 1. The maximum Gasteiger partial charge on any atom is 0.315 e. The van der Waals surface area contributed by atoms with E-state index in [2.05, 4.69) is 0 Å². The van der Waals surface area contributed by atoms with Crippen LogP contribution in [0, 0.1) is 0 Å². The molecule has 0 radical (unpaired) electrons. The fraction of sp³-hybridized carbons (Fsp3) is 0.240. The van der Waals surface area contributed by atoms with Crippen molar-refractivity contribution in [3.8, 4) is 11.6 Å². The Morgan fingerprint density at radius 1 is 1.18 bits per heavy atom. The Kier molecular flexibility index (Phi) is 5.12. The largest absolute Gasteiger partial charge is 0.489 e. The van der Waals surface area contributed by atoms with Crippen molar-refractivity contribution in [3.05, 3.63) is 88.0 Å². The molecule has 1 atom stereocenters. The van der Waals surface area contributed by atoms with Crippen molar-refractivity contribution >= 4 is 17.1 Å². The lowest BCUT2D eigenvalue weighted by Crippen LogP contribution is -2.45. The standard InChI is InChI=1S/C25H25N5O3/c1-16-12-21-20(14-30(16)25(26)32)19-8-9-22(27-24(19)28(21)2)29-11-10-18(13-23(29)31)33-15-17-6-4-3-5-7-17/h3-11,13,16H,12,14-15H2,1-2H3,(H2,26,32). The second kappa shape index (κ2) is 8.12. The van der Waals surface area contributed by atoms with Crippen molar-refractivity contribution < 1.29 is 9.53 Å². The fourth-order valence-corrected chi connectivity index (χ4v) is 4.48. The van der Waals surface area contributed by atoms with E-state index in [0.717, 1.165) is 27.9 Å². The number of ether oxygens (including phenoxy) is 1. The molecule has 4 heterocycles. The number of aryl methyl sites for hydroxylation is 1. The molecule has 2 amide bonds. The third-order valence-corrected chi connectivity index (χ3v) is 6.28. The minimum Gasteiger partial charge on any atom is -0.489 e. The van der Waals surface area contributed by atoms with Gasteiger partial charge in [-0.3, -0.25) is 9.36 Å². The van der Waals surface area contributed by atoms with Gasteiger partial charge in [0.05, 0.1) is 6.54 Å². The van der Waals surface area contributed by atoms with Crippen molar-refractivity contribution in [3.63, 3.8) is 0 Å². The van der Waals surface area contributed by atoms with Crippen LogP contribution in [0.5, 0.6) is 5.75 Å². The molecular formula is C25H25N5O3. The number of nitrogens with two attached hydrogens (primary N) is 1. The number of hydrogen-bond donors (Lipinski definition) is 1. The smallest absolute Gasteiger partial charge is 0.315 e. The highest BCUT2D eigenvalue weighted by atomic mass is 16.5. The second-order valence-corrected chi connectivity index (χ2v) is 8.39. The molecule has 33 heavy (non-hydrogen) atoms. The van der Waals surface area contributed by atoms with Gasteiger partial charge in [-0.2, -0.15) is 0 Å². The molecule has 0 fully saturated rings. The monoisotopic (exact) mass is 443 g/mol. The average Bonchev–Trinajstić information content (AvgIpc) is 3.08. The summed E-state index contributed by atoms with van der Waals surface area (Å²) in [5.41, 5.74) is 9.34. The highest BCUT2D eigenvalue weighted by Crippen LogP contribution is 2.32. The Balaban J connectivity index is 1.45. The molecule has 8 heteroatoms. The number of primary amides is 1. The van der Waals surface area contributed by atoms with Crippen LogP contribution in [0.1, 0.15) is 23.7 Å². The number of carbonyl (C=O) groups excluding carboxylic acids is 1. The maximum absolute atomic E-state index is 12.8. The third-order valence-electron chi connectivity index (χ3n) is 6.28. The van der Waals surface area contributed by atoms with Gasteiger partial charge < -0.3 is 19.9 Å². The quantitative estimate of drug-likeness (QED) is 0.524. The first-order chi connectivity index (χ1) is 15.9. The normalized spacial score (nSPS) is 15.5. The molecule has 0 aliphatic carbocycles. The van der Waals surface area contributed by atoms with E-state index in [9.17, 15) is 9.59 Å². The van der Waals surface area contributed by atoms with Crippen LogP contribution in [0.3, 0.4) is 0 Å². The van der Waals surface area contributed by atoms with Gasteiger partial charge in [-0.25, -0.2) is 9.78 Å². The average molecular weight is 444 g/mol. The first kappa shape index (κ1) is 20.8. The van der Waals surface area contributed by atoms with Gasteiger partial charge in [0.25, 0.3) is 5.56 Å². The van der Waals surface area contributed by atoms with Gasteiger partial charge in [0.15, 0.2) is 0 Å². The molecule has 5 rings (SSSR count). The van der Waals surface area contributed by atoms with Crippen LogP contribution >= 0.6 is 0 Å². The van der Waals surface area contributed by atoms with Gasteiger partial charge >= 0.3 is 6.03 Å². The van der Waals surface area contributed by atoms with Gasteiger partial charge in [-0.1, -0.05) is 30.3 Å². The predicted molar refractivity (Wildman–Crippen MR) is 125 cm³/mol. The van der Waals surface area contributed by atoms with Crippen LogP contribution in [-0.2, 0) is 26.6 Å². The van der Waals surface area contributed by atoms with E-state index in [1.54, 1.807) is 17.2 Å². The molecular weight excluding hydrogens is 418 g/mol. The molecule has 0 saturated heterocycles. The van der Waals surface area contributed by atoms with Gasteiger partial charge in [0, 0.05) is 48.4 Å². The van der Waals surface area contributed by atoms with Crippen LogP contribution in [0.2, 0.25) is 0 Å². The summed E-state index contributed by atoms with van der Waals surface area (Å²) in [7, 11) is 1.97. The number of hydrogen-bond acceptors (Lipinski definition) is 4. The van der Waals surface area contributed by atoms with E-state index in [1.165, 1.54) is 10.6 Å². The lowest BCUT2D eigenvalue weighted by molar-refractivity contribution is 0.177. The van der Waals surface area contributed by atoms with Crippen LogP contribution < -0.4 is 16.0 Å². The van der Waals surface area contributed by atoms with Gasteiger partial charge in [-0.05, 0) is 30.7 Å². The Labute approximate surface area is 190 Å². The predicted octanol–water partition coefficient (Wildman–Crippen LogP) is 3.13. The lowest BCUT2D eigenvalue weighted by atomic mass is 10.00. The first-order valence-electron chi connectivity index (χ1n) is 10.9. The zero-order valence-electron chi connectivity index (χ0n) is 18.6. The minimum atomic E-state index is -0.421. The Bertz CT molecular complexity index is 1410. The van der Waals surface area contributed by atoms with E-state index in [0.29, 0.717) is 31.1 Å². The summed E-state index contributed by atoms with van der Waals surface area (Å²) in [5, 5.41) is 0.963. The number of rotatable bonds is 4. The summed E-state index contributed by atoms with van der Waals surface area (Å²) in [6.45, 7) is 2.84. The topological polar surface area (TPSA) is 95.4 Å². The van der Waals surface area contributed by atoms with Crippen LogP contribution in [0.25, 0.3) is 16.9 Å². The van der Waals surface area contributed by atoms with E-state index >= 15 is 0 Å². The van der Waals surface area contributed by atoms with Gasteiger partial charge in [0.1, 0.15) is 23.8 Å². The maximum atomic E-state index is 12.8. The van der Waals surface area contributed by atoms with Crippen LogP contribution in [-0.4, -0.2) is 31.1 Å². The number of fused-ring (bicyclic) bond motifs is 3. The summed E-state index contributed by atoms with van der Waals surface area (Å²) in [6.07, 6.45) is 2.38. The van der Waals surface area contributed by atoms with E-state index in [4.69, 9.17) is 15.5 Å². The lowest BCUT2D eigenvalue weighted by Gasteiger charge is -2.32. The van der Waals surface area contributed by atoms with Crippen LogP contribution in [0.15, 0.2) is 65.6 Å². The first-order valence-corrected chi connectivity index (χ1v) is 10.9. The molecule has 0 spiro atoms. The molecule has 1 aromatic carbocycles. The molecule has 1 aliphatic rings. The summed E-state index contributed by atoms with van der Waals surface area (Å²) >= 11 is 0. The summed E-state index contributed by atoms with van der Waals surface area (Å²) in [6, 6.07) is 16.4. The summed E-state index contributed by atoms with van der Waals surface area (Å²) in [4.78, 5) is 31.1. The third kappa shape index (κ3) is 3.73. The van der Waals surface area contributed by atoms with Crippen molar-refractivity contribution in [2.24, 2.45) is 12.8 Å². The van der Waals surface area contributed by atoms with E-state index in [-0.39, 0.29) is 11.6 Å². The number of urea groups is 1. The molecule has 3 aromatic heterocycles. The Morgan fingerprint density at radius 3 is 2.70 bits per heavy atom. The Hall–Kier alpha value is -4.07. The molecule has 8 nitrogen and oxygen atoms in total. The number of carbonyl (C=O) groups is 1. The minimum absolute atomic E-state index is 0.0172. The number of nitrogens with zero attached hydrogens (tertiary/aromatic N) is 4. The molecule has 0 saturated carbocycles. The molecule has 168 valence electrons.